The van der Waals surface area contributed by atoms with Crippen LogP contribution in [-0.2, 0) is 14.3 Å². The number of ether oxygens (including phenoxy) is 1. The quantitative estimate of drug-likeness (QED) is 0.375. The fourth-order valence-corrected chi connectivity index (χ4v) is 2.98. The summed E-state index contributed by atoms with van der Waals surface area (Å²) in [6.45, 7) is 3.93. The molecule has 2 aliphatic rings. The Morgan fingerprint density at radius 3 is 3.00 bits per heavy atom. The third-order valence-electron chi connectivity index (χ3n) is 3.66. The molecule has 2 rings (SSSR count). The SMILES string of the molecule is C=C1C[C@H]2CCC[C@](C(=O)OC)(C1)C2=O. The van der Waals surface area contributed by atoms with Crippen molar-refractivity contribution in [3.63, 3.8) is 0 Å². The minimum Gasteiger partial charge on any atom is -0.468 e. The number of rotatable bonds is 1. The largest absolute Gasteiger partial charge is 0.468 e. The fourth-order valence-electron chi connectivity index (χ4n) is 2.98. The normalized spacial score (nSPS) is 35.1. The first kappa shape index (κ1) is 10.4. The van der Waals surface area contributed by atoms with Crippen LogP contribution in [0.3, 0.4) is 0 Å². The third kappa shape index (κ3) is 1.41. The van der Waals surface area contributed by atoms with E-state index in [2.05, 4.69) is 6.58 Å². The van der Waals surface area contributed by atoms with Crippen molar-refractivity contribution in [1.29, 1.82) is 0 Å². The molecule has 0 aromatic rings. The Bertz CT molecular complexity index is 332. The van der Waals surface area contributed by atoms with Crippen LogP contribution in [0, 0.1) is 11.3 Å². The average Bonchev–Trinajstić information content (AvgIpc) is 2.19. The van der Waals surface area contributed by atoms with Gasteiger partial charge in [-0.05, 0) is 25.7 Å². The maximum Gasteiger partial charge on any atom is 0.319 e. The Labute approximate surface area is 89.5 Å². The molecule has 0 saturated heterocycles. The van der Waals surface area contributed by atoms with E-state index in [-0.39, 0.29) is 17.7 Å². The highest BCUT2D eigenvalue weighted by atomic mass is 16.5. The van der Waals surface area contributed by atoms with Crippen LogP contribution in [0.25, 0.3) is 0 Å². The number of methoxy groups -OCH3 is 1. The number of ketones is 1. The number of allylic oxidation sites excluding steroid dienone is 1. The van der Waals surface area contributed by atoms with Gasteiger partial charge in [-0.25, -0.2) is 0 Å². The molecule has 0 aromatic carbocycles. The standard InChI is InChI=1S/C12H16O3/c1-8-6-9-4-3-5-12(7-8,10(9)13)11(14)15-2/h9H,1,3-7H2,2H3/t9-,12+/m1/s1. The highest BCUT2D eigenvalue weighted by Gasteiger charge is 2.54. The molecule has 2 fully saturated rings. The molecule has 0 amide bonds. The summed E-state index contributed by atoms with van der Waals surface area (Å²) in [6.07, 6.45) is 3.73. The molecule has 82 valence electrons. The van der Waals surface area contributed by atoms with Crippen LogP contribution in [0.1, 0.15) is 32.1 Å². The van der Waals surface area contributed by atoms with E-state index in [0.29, 0.717) is 12.8 Å². The van der Waals surface area contributed by atoms with Gasteiger partial charge in [-0.15, -0.1) is 0 Å². The van der Waals surface area contributed by atoms with E-state index < -0.39 is 5.41 Å². The maximum absolute atomic E-state index is 12.1. The summed E-state index contributed by atoms with van der Waals surface area (Å²) in [5, 5.41) is 0. The van der Waals surface area contributed by atoms with Crippen molar-refractivity contribution in [1.82, 2.24) is 0 Å². The van der Waals surface area contributed by atoms with Gasteiger partial charge in [0.2, 0.25) is 0 Å². The van der Waals surface area contributed by atoms with Gasteiger partial charge in [0, 0.05) is 5.92 Å². The molecule has 0 aromatic heterocycles. The molecule has 2 atom stereocenters. The molecule has 0 unspecified atom stereocenters. The number of esters is 1. The smallest absolute Gasteiger partial charge is 0.319 e. The minimum atomic E-state index is -0.882. The number of carbonyl (C=O) groups is 2. The Morgan fingerprint density at radius 2 is 2.33 bits per heavy atom. The topological polar surface area (TPSA) is 43.4 Å². The van der Waals surface area contributed by atoms with E-state index in [4.69, 9.17) is 4.74 Å². The van der Waals surface area contributed by atoms with E-state index in [1.54, 1.807) is 0 Å². The summed E-state index contributed by atoms with van der Waals surface area (Å²) < 4.78 is 4.78. The lowest BCUT2D eigenvalue weighted by molar-refractivity contribution is -0.163. The van der Waals surface area contributed by atoms with Gasteiger partial charge >= 0.3 is 5.97 Å². The summed E-state index contributed by atoms with van der Waals surface area (Å²) in [5.74, 6) is -0.259. The maximum atomic E-state index is 12.1. The Kier molecular flexibility index (Phi) is 2.41. The van der Waals surface area contributed by atoms with Crippen LogP contribution in [-0.4, -0.2) is 18.9 Å². The lowest BCUT2D eigenvalue weighted by atomic mass is 9.60. The van der Waals surface area contributed by atoms with Gasteiger partial charge in [0.1, 0.15) is 5.41 Å². The van der Waals surface area contributed by atoms with Crippen molar-refractivity contribution < 1.29 is 14.3 Å². The summed E-state index contributed by atoms with van der Waals surface area (Å²) in [7, 11) is 1.35. The number of hydrogen-bond acceptors (Lipinski definition) is 3. The number of fused-ring (bicyclic) bond motifs is 2. The van der Waals surface area contributed by atoms with E-state index in [1.807, 2.05) is 0 Å². The van der Waals surface area contributed by atoms with Crippen molar-refractivity contribution in [3.05, 3.63) is 12.2 Å². The zero-order valence-electron chi connectivity index (χ0n) is 9.04. The van der Waals surface area contributed by atoms with E-state index in [9.17, 15) is 9.59 Å². The van der Waals surface area contributed by atoms with Crippen molar-refractivity contribution in [2.75, 3.05) is 7.11 Å². The second kappa shape index (κ2) is 3.47. The highest BCUT2D eigenvalue weighted by molar-refractivity contribution is 6.06. The molecule has 0 N–H and O–H groups in total. The van der Waals surface area contributed by atoms with Gasteiger partial charge < -0.3 is 4.74 Å². The lowest BCUT2D eigenvalue weighted by Crippen LogP contribution is -2.49. The van der Waals surface area contributed by atoms with Crippen molar-refractivity contribution in [2.45, 2.75) is 32.1 Å². The van der Waals surface area contributed by atoms with Gasteiger partial charge in [0.15, 0.2) is 5.78 Å². The number of carbonyl (C=O) groups excluding carboxylic acids is 2. The Balaban J connectivity index is 2.37. The number of hydrogen-bond donors (Lipinski definition) is 0. The first-order valence-electron chi connectivity index (χ1n) is 5.39. The molecule has 2 bridgehead atoms. The molecule has 15 heavy (non-hydrogen) atoms. The summed E-state index contributed by atoms with van der Waals surface area (Å²) in [6, 6.07) is 0. The monoisotopic (exact) mass is 208 g/mol. The summed E-state index contributed by atoms with van der Waals surface area (Å²) >= 11 is 0. The van der Waals surface area contributed by atoms with Gasteiger partial charge in [-0.3, -0.25) is 9.59 Å². The van der Waals surface area contributed by atoms with Crippen LogP contribution in [0.5, 0.6) is 0 Å². The van der Waals surface area contributed by atoms with E-state index in [1.165, 1.54) is 7.11 Å². The average molecular weight is 208 g/mol. The summed E-state index contributed by atoms with van der Waals surface area (Å²) in [5.41, 5.74) is 0.136. The van der Waals surface area contributed by atoms with Crippen LogP contribution < -0.4 is 0 Å². The number of Topliss-reactive ketones (excluding diaryl/α,β-unsaturated/α-hetero) is 1. The lowest BCUT2D eigenvalue weighted by Gasteiger charge is -2.42. The van der Waals surface area contributed by atoms with Crippen molar-refractivity contribution >= 4 is 11.8 Å². The van der Waals surface area contributed by atoms with E-state index in [0.717, 1.165) is 24.8 Å². The Morgan fingerprint density at radius 1 is 1.60 bits per heavy atom. The van der Waals surface area contributed by atoms with Crippen molar-refractivity contribution in [2.24, 2.45) is 11.3 Å². The van der Waals surface area contributed by atoms with Crippen LogP contribution in [0.2, 0.25) is 0 Å². The first-order chi connectivity index (χ1) is 7.10. The van der Waals surface area contributed by atoms with Crippen LogP contribution >= 0.6 is 0 Å². The van der Waals surface area contributed by atoms with Gasteiger partial charge in [0.25, 0.3) is 0 Å². The minimum absolute atomic E-state index is 0.0131. The molecule has 0 aliphatic heterocycles. The Hall–Kier alpha value is -1.12. The summed E-state index contributed by atoms with van der Waals surface area (Å²) in [4.78, 5) is 23.9. The second-order valence-corrected chi connectivity index (χ2v) is 4.66. The molecule has 0 spiro atoms. The van der Waals surface area contributed by atoms with Crippen molar-refractivity contribution in [3.8, 4) is 0 Å². The predicted octanol–water partition coefficient (Wildman–Crippen LogP) is 1.86. The third-order valence-corrected chi connectivity index (χ3v) is 3.66. The zero-order chi connectivity index (χ0) is 11.1. The highest BCUT2D eigenvalue weighted by Crippen LogP contribution is 2.48. The fraction of sp³-hybridized carbons (Fsp3) is 0.667. The van der Waals surface area contributed by atoms with E-state index >= 15 is 0 Å². The second-order valence-electron chi connectivity index (χ2n) is 4.66. The molecular formula is C12H16O3. The zero-order valence-corrected chi connectivity index (χ0v) is 9.04. The molecule has 2 aliphatic carbocycles. The molecule has 2 saturated carbocycles. The predicted molar refractivity (Wildman–Crippen MR) is 55.2 cm³/mol. The molecule has 0 radical (unpaired) electrons. The molecule has 0 heterocycles. The van der Waals surface area contributed by atoms with Gasteiger partial charge in [-0.1, -0.05) is 18.6 Å². The molecular weight excluding hydrogens is 192 g/mol. The molecule has 3 heteroatoms. The van der Waals surface area contributed by atoms with Crippen LogP contribution in [0.15, 0.2) is 12.2 Å². The molecule has 3 nitrogen and oxygen atoms in total. The first-order valence-corrected chi connectivity index (χ1v) is 5.39. The van der Waals surface area contributed by atoms with Gasteiger partial charge in [-0.2, -0.15) is 0 Å². The van der Waals surface area contributed by atoms with Crippen LogP contribution in [0.4, 0.5) is 0 Å². The van der Waals surface area contributed by atoms with Gasteiger partial charge in [0.05, 0.1) is 7.11 Å².